The van der Waals surface area contributed by atoms with Gasteiger partial charge in [-0.3, -0.25) is 9.89 Å². The van der Waals surface area contributed by atoms with Crippen LogP contribution in [0.4, 0.5) is 0 Å². The molecule has 3 heterocycles. The number of rotatable bonds is 4. The number of aromatic amines is 1. The molecule has 1 aliphatic heterocycles. The summed E-state index contributed by atoms with van der Waals surface area (Å²) in [5.41, 5.74) is 1.35. The molecule has 0 aromatic carbocycles. The standard InChI is InChI=1S/C17H25N7O/c1-12-15(20-22-24(12)10-13-6-2-3-7-13)17(25)23-9-5-4-8-14(23)16-18-11-19-21-16/h11,13-14H,2-10H2,1H3,(H,18,19,21)/t14-/m0/s1. The lowest BCUT2D eigenvalue weighted by Crippen LogP contribution is -2.39. The minimum atomic E-state index is -0.0527. The van der Waals surface area contributed by atoms with Gasteiger partial charge in [0.25, 0.3) is 5.91 Å². The summed E-state index contributed by atoms with van der Waals surface area (Å²) >= 11 is 0. The van der Waals surface area contributed by atoms with Crippen LogP contribution in [0.2, 0.25) is 0 Å². The maximum absolute atomic E-state index is 13.1. The van der Waals surface area contributed by atoms with E-state index >= 15 is 0 Å². The summed E-state index contributed by atoms with van der Waals surface area (Å²) in [6.07, 6.45) is 9.60. The number of likely N-dealkylation sites (tertiary alicyclic amines) is 1. The molecule has 0 radical (unpaired) electrons. The first-order valence-electron chi connectivity index (χ1n) is 9.30. The smallest absolute Gasteiger partial charge is 0.276 e. The van der Waals surface area contributed by atoms with Gasteiger partial charge >= 0.3 is 0 Å². The first kappa shape index (κ1) is 16.2. The first-order valence-corrected chi connectivity index (χ1v) is 9.30. The van der Waals surface area contributed by atoms with Crippen LogP contribution in [0.15, 0.2) is 6.33 Å². The molecule has 1 atom stereocenters. The van der Waals surface area contributed by atoms with Gasteiger partial charge in [0.2, 0.25) is 0 Å². The fourth-order valence-corrected chi connectivity index (χ4v) is 4.14. The molecule has 1 saturated carbocycles. The van der Waals surface area contributed by atoms with Crippen LogP contribution >= 0.6 is 0 Å². The summed E-state index contributed by atoms with van der Waals surface area (Å²) < 4.78 is 1.91. The van der Waals surface area contributed by atoms with Gasteiger partial charge in [-0.05, 0) is 44.9 Å². The Kier molecular flexibility index (Phi) is 4.50. The van der Waals surface area contributed by atoms with E-state index in [-0.39, 0.29) is 11.9 Å². The van der Waals surface area contributed by atoms with Gasteiger partial charge in [0, 0.05) is 13.1 Å². The zero-order chi connectivity index (χ0) is 17.2. The number of nitrogens with zero attached hydrogens (tertiary/aromatic N) is 6. The van der Waals surface area contributed by atoms with Crippen LogP contribution in [-0.4, -0.2) is 47.5 Å². The quantitative estimate of drug-likeness (QED) is 0.919. The van der Waals surface area contributed by atoms with Crippen LogP contribution in [0.25, 0.3) is 0 Å². The Morgan fingerprint density at radius 2 is 2.04 bits per heavy atom. The average molecular weight is 343 g/mol. The Hall–Kier alpha value is -2.25. The van der Waals surface area contributed by atoms with E-state index in [0.29, 0.717) is 11.6 Å². The molecule has 2 fully saturated rings. The predicted molar refractivity (Wildman–Crippen MR) is 90.7 cm³/mol. The topological polar surface area (TPSA) is 92.6 Å². The Labute approximate surface area is 147 Å². The molecule has 2 aromatic heterocycles. The highest BCUT2D eigenvalue weighted by atomic mass is 16.2. The fraction of sp³-hybridized carbons (Fsp3) is 0.706. The van der Waals surface area contributed by atoms with Crippen LogP contribution in [0.5, 0.6) is 0 Å². The van der Waals surface area contributed by atoms with E-state index in [1.165, 1.54) is 32.0 Å². The molecule has 1 N–H and O–H groups in total. The van der Waals surface area contributed by atoms with E-state index in [1.54, 1.807) is 0 Å². The van der Waals surface area contributed by atoms with Crippen LogP contribution in [0.1, 0.15) is 73.0 Å². The molecule has 0 spiro atoms. The summed E-state index contributed by atoms with van der Waals surface area (Å²) in [5, 5.41) is 15.3. The molecule has 0 unspecified atom stereocenters. The van der Waals surface area contributed by atoms with Crippen LogP contribution in [0, 0.1) is 12.8 Å². The number of hydrogen-bond donors (Lipinski definition) is 1. The molecule has 8 nitrogen and oxygen atoms in total. The first-order chi connectivity index (χ1) is 12.2. The third-order valence-electron chi connectivity index (χ3n) is 5.60. The van der Waals surface area contributed by atoms with Gasteiger partial charge < -0.3 is 4.90 Å². The number of hydrogen-bond acceptors (Lipinski definition) is 5. The predicted octanol–water partition coefficient (Wildman–Crippen LogP) is 2.26. The lowest BCUT2D eigenvalue weighted by molar-refractivity contribution is 0.0593. The SMILES string of the molecule is Cc1c(C(=O)N2CCCC[C@H]2c2ncn[nH]2)nnn1CC1CCCC1. The van der Waals surface area contributed by atoms with Crippen molar-refractivity contribution in [3.63, 3.8) is 0 Å². The molecule has 2 aromatic rings. The molecule has 0 bridgehead atoms. The summed E-state index contributed by atoms with van der Waals surface area (Å²) in [4.78, 5) is 19.3. The molecule has 1 saturated heterocycles. The zero-order valence-electron chi connectivity index (χ0n) is 14.7. The van der Waals surface area contributed by atoms with Crippen LogP contribution < -0.4 is 0 Å². The lowest BCUT2D eigenvalue weighted by atomic mass is 10.0. The van der Waals surface area contributed by atoms with E-state index in [4.69, 9.17) is 0 Å². The summed E-state index contributed by atoms with van der Waals surface area (Å²) in [6.45, 7) is 3.55. The zero-order valence-corrected chi connectivity index (χ0v) is 14.7. The Balaban J connectivity index is 1.54. The number of nitrogens with one attached hydrogen (secondary N) is 1. The van der Waals surface area contributed by atoms with E-state index in [1.807, 2.05) is 16.5 Å². The monoisotopic (exact) mass is 343 g/mol. The number of amides is 1. The number of piperidine rings is 1. The highest BCUT2D eigenvalue weighted by Gasteiger charge is 2.33. The Bertz CT molecular complexity index is 717. The number of carbonyl (C=O) groups is 1. The van der Waals surface area contributed by atoms with Crippen LogP contribution in [-0.2, 0) is 6.54 Å². The Morgan fingerprint density at radius 1 is 1.24 bits per heavy atom. The number of aromatic nitrogens is 6. The molecule has 8 heteroatoms. The maximum Gasteiger partial charge on any atom is 0.276 e. The molecule has 25 heavy (non-hydrogen) atoms. The molecular formula is C17H25N7O. The van der Waals surface area contributed by atoms with Crippen molar-refractivity contribution in [3.8, 4) is 0 Å². The van der Waals surface area contributed by atoms with Gasteiger partial charge in [0.15, 0.2) is 5.69 Å². The second kappa shape index (κ2) is 6.93. The molecule has 1 aliphatic carbocycles. The van der Waals surface area contributed by atoms with E-state index in [9.17, 15) is 4.79 Å². The third kappa shape index (κ3) is 3.17. The van der Waals surface area contributed by atoms with Crippen molar-refractivity contribution >= 4 is 5.91 Å². The van der Waals surface area contributed by atoms with Crippen molar-refractivity contribution in [1.82, 2.24) is 35.1 Å². The van der Waals surface area contributed by atoms with Crippen molar-refractivity contribution in [2.75, 3.05) is 6.54 Å². The van der Waals surface area contributed by atoms with Gasteiger partial charge in [-0.15, -0.1) is 5.10 Å². The fourth-order valence-electron chi connectivity index (χ4n) is 4.14. The summed E-state index contributed by atoms with van der Waals surface area (Å²) in [7, 11) is 0. The molecular weight excluding hydrogens is 318 g/mol. The molecule has 2 aliphatic rings. The minimum absolute atomic E-state index is 0.0451. The van der Waals surface area contributed by atoms with Gasteiger partial charge in [-0.2, -0.15) is 5.10 Å². The van der Waals surface area contributed by atoms with Crippen LogP contribution in [0.3, 0.4) is 0 Å². The number of H-pyrrole nitrogens is 1. The van der Waals surface area contributed by atoms with Crippen molar-refractivity contribution in [2.45, 2.75) is 64.5 Å². The normalized spacial score (nSPS) is 21.8. The van der Waals surface area contributed by atoms with Gasteiger partial charge in [0.05, 0.1) is 11.7 Å². The maximum atomic E-state index is 13.1. The molecule has 134 valence electrons. The van der Waals surface area contributed by atoms with Crippen molar-refractivity contribution < 1.29 is 4.79 Å². The van der Waals surface area contributed by atoms with Gasteiger partial charge in [-0.1, -0.05) is 18.1 Å². The third-order valence-corrected chi connectivity index (χ3v) is 5.60. The number of carbonyl (C=O) groups excluding carboxylic acids is 1. The molecule has 4 rings (SSSR count). The second-order valence-corrected chi connectivity index (χ2v) is 7.24. The highest BCUT2D eigenvalue weighted by molar-refractivity contribution is 5.93. The highest BCUT2D eigenvalue weighted by Crippen LogP contribution is 2.30. The summed E-state index contributed by atoms with van der Waals surface area (Å²) in [6, 6.07) is -0.0527. The van der Waals surface area contributed by atoms with Gasteiger partial charge in [-0.25, -0.2) is 9.67 Å². The molecule has 1 amide bonds. The largest absolute Gasteiger partial charge is 0.327 e. The van der Waals surface area contributed by atoms with E-state index in [0.717, 1.165) is 43.9 Å². The van der Waals surface area contributed by atoms with Crippen molar-refractivity contribution in [3.05, 3.63) is 23.5 Å². The van der Waals surface area contributed by atoms with E-state index in [2.05, 4.69) is 25.5 Å². The van der Waals surface area contributed by atoms with Gasteiger partial charge in [0.1, 0.15) is 12.2 Å². The Morgan fingerprint density at radius 3 is 2.80 bits per heavy atom. The van der Waals surface area contributed by atoms with Crippen molar-refractivity contribution in [1.29, 1.82) is 0 Å². The second-order valence-electron chi connectivity index (χ2n) is 7.24. The lowest BCUT2D eigenvalue weighted by Gasteiger charge is -2.33. The van der Waals surface area contributed by atoms with Crippen molar-refractivity contribution in [2.24, 2.45) is 5.92 Å². The summed E-state index contributed by atoms with van der Waals surface area (Å²) in [5.74, 6) is 1.38. The average Bonchev–Trinajstić information content (AvgIpc) is 3.38. The van der Waals surface area contributed by atoms with E-state index < -0.39 is 0 Å². The minimum Gasteiger partial charge on any atom is -0.327 e.